The van der Waals surface area contributed by atoms with Gasteiger partial charge in [0, 0.05) is 12.8 Å². The van der Waals surface area contributed by atoms with Crippen LogP contribution < -0.4 is 0 Å². The molecular formula is C70H123NO8P+. The summed E-state index contributed by atoms with van der Waals surface area (Å²) in [5.74, 6) is -0.813. The van der Waals surface area contributed by atoms with Crippen LogP contribution in [0.2, 0.25) is 0 Å². The van der Waals surface area contributed by atoms with Crippen LogP contribution in [0.3, 0.4) is 0 Å². The Kier molecular flexibility index (Phi) is 57.8. The molecule has 0 saturated heterocycles. The summed E-state index contributed by atoms with van der Waals surface area (Å²) in [6.45, 7) is 4.19. The third-order valence-electron chi connectivity index (χ3n) is 13.8. The number of allylic oxidation sites excluding steroid dienone is 18. The summed E-state index contributed by atoms with van der Waals surface area (Å²) in [6, 6.07) is 0. The normalized spacial score (nSPS) is 13.9. The first-order valence-electron chi connectivity index (χ1n) is 32.6. The van der Waals surface area contributed by atoms with Gasteiger partial charge in [0.15, 0.2) is 6.10 Å². The zero-order valence-corrected chi connectivity index (χ0v) is 53.2. The molecule has 1 N–H and O–H groups in total. The van der Waals surface area contributed by atoms with Gasteiger partial charge in [-0.15, -0.1) is 0 Å². The molecule has 0 amide bonds. The molecule has 0 aliphatic carbocycles. The fraction of sp³-hybridized carbons (Fsp3) is 0.714. The summed E-state index contributed by atoms with van der Waals surface area (Å²) in [7, 11) is 1.47. The van der Waals surface area contributed by atoms with Gasteiger partial charge in [-0.3, -0.25) is 18.6 Å². The second kappa shape index (κ2) is 60.3. The smallest absolute Gasteiger partial charge is 0.462 e. The number of phosphoric acid groups is 1. The molecule has 2 atom stereocenters. The number of likely N-dealkylation sites (N-methyl/N-ethyl adjacent to an activating group) is 1. The van der Waals surface area contributed by atoms with Crippen LogP contribution in [0.4, 0.5) is 0 Å². The van der Waals surface area contributed by atoms with Crippen LogP contribution in [0.1, 0.15) is 271 Å². The highest BCUT2D eigenvalue weighted by Crippen LogP contribution is 2.43. The largest absolute Gasteiger partial charge is 0.472 e. The number of ether oxygens (including phenoxy) is 2. The molecule has 460 valence electrons. The number of carbonyl (C=O) groups is 2. The van der Waals surface area contributed by atoms with Crippen LogP contribution in [0.15, 0.2) is 109 Å². The highest BCUT2D eigenvalue weighted by Gasteiger charge is 2.27. The van der Waals surface area contributed by atoms with Gasteiger partial charge in [0.25, 0.3) is 0 Å². The van der Waals surface area contributed by atoms with Crippen LogP contribution in [0.25, 0.3) is 0 Å². The van der Waals surface area contributed by atoms with Gasteiger partial charge >= 0.3 is 19.8 Å². The Bertz CT molecular complexity index is 1720. The zero-order chi connectivity index (χ0) is 58.4. The molecule has 9 nitrogen and oxygen atoms in total. The monoisotopic (exact) mass is 1140 g/mol. The average molecular weight is 1140 g/mol. The Morgan fingerprint density at radius 3 is 1.00 bits per heavy atom. The lowest BCUT2D eigenvalue weighted by molar-refractivity contribution is -0.870. The van der Waals surface area contributed by atoms with Crippen molar-refractivity contribution >= 4 is 19.8 Å². The third kappa shape index (κ3) is 63.8. The van der Waals surface area contributed by atoms with E-state index in [1.807, 2.05) is 21.1 Å². The summed E-state index contributed by atoms with van der Waals surface area (Å²) in [5, 5.41) is 0. The van der Waals surface area contributed by atoms with E-state index < -0.39 is 26.5 Å². The summed E-state index contributed by atoms with van der Waals surface area (Å²) in [5.41, 5.74) is 0. The quantitative estimate of drug-likeness (QED) is 0.0211. The van der Waals surface area contributed by atoms with Crippen LogP contribution >= 0.6 is 7.82 Å². The SMILES string of the molecule is CC/C=C\C/C=C\C/C=C\C/C=C\C/C=C\C/C=C\CCCCCCCCCCCCCCCCCCCCCCCCC(=O)OC(COC(=O)CCCCCCC/C=C\C/C=C\C/C=C\CC)COP(=O)(O)OCC[N+](C)(C)C. The van der Waals surface area contributed by atoms with Gasteiger partial charge < -0.3 is 18.9 Å². The Morgan fingerprint density at radius 1 is 0.388 bits per heavy atom. The number of esters is 2. The number of hydrogen-bond donors (Lipinski definition) is 1. The fourth-order valence-corrected chi connectivity index (χ4v) is 9.60. The molecule has 0 aliphatic rings. The van der Waals surface area contributed by atoms with Crippen molar-refractivity contribution in [2.45, 2.75) is 277 Å². The second-order valence-electron chi connectivity index (χ2n) is 22.7. The lowest BCUT2D eigenvalue weighted by Crippen LogP contribution is -2.37. The number of carbonyl (C=O) groups excluding carboxylic acids is 2. The summed E-state index contributed by atoms with van der Waals surface area (Å²) in [6.07, 6.45) is 84.9. The van der Waals surface area contributed by atoms with Crippen LogP contribution in [0, 0.1) is 0 Å². The van der Waals surface area contributed by atoms with E-state index in [0.29, 0.717) is 17.4 Å². The Hall–Kier alpha value is -3.33. The molecule has 0 rings (SSSR count). The van der Waals surface area contributed by atoms with Gasteiger partial charge in [0.2, 0.25) is 0 Å². The van der Waals surface area contributed by atoms with Crippen molar-refractivity contribution in [3.05, 3.63) is 109 Å². The maximum absolute atomic E-state index is 12.8. The van der Waals surface area contributed by atoms with E-state index in [1.54, 1.807) is 0 Å². The van der Waals surface area contributed by atoms with E-state index in [1.165, 1.54) is 128 Å². The molecule has 10 heteroatoms. The van der Waals surface area contributed by atoms with Gasteiger partial charge in [0.05, 0.1) is 27.7 Å². The summed E-state index contributed by atoms with van der Waals surface area (Å²) >= 11 is 0. The first kappa shape index (κ1) is 76.7. The molecule has 0 aliphatic heterocycles. The number of rotatable bonds is 59. The predicted octanol–water partition coefficient (Wildman–Crippen LogP) is 20.9. The highest BCUT2D eigenvalue weighted by molar-refractivity contribution is 7.47. The van der Waals surface area contributed by atoms with Gasteiger partial charge in [-0.2, -0.15) is 0 Å². The van der Waals surface area contributed by atoms with Gasteiger partial charge in [-0.1, -0.05) is 271 Å². The van der Waals surface area contributed by atoms with Crippen LogP contribution in [-0.2, 0) is 32.7 Å². The van der Waals surface area contributed by atoms with Crippen molar-refractivity contribution in [1.82, 2.24) is 0 Å². The minimum atomic E-state index is -4.39. The maximum Gasteiger partial charge on any atom is 0.472 e. The third-order valence-corrected chi connectivity index (χ3v) is 14.8. The Labute approximate surface area is 493 Å². The van der Waals surface area contributed by atoms with Crippen LogP contribution in [-0.4, -0.2) is 74.9 Å². The molecule has 80 heavy (non-hydrogen) atoms. The molecule has 0 bridgehead atoms. The van der Waals surface area contributed by atoms with Crippen LogP contribution in [0.5, 0.6) is 0 Å². The first-order valence-corrected chi connectivity index (χ1v) is 34.1. The lowest BCUT2D eigenvalue weighted by atomic mass is 10.0. The number of nitrogens with zero attached hydrogens (tertiary/aromatic N) is 1. The predicted molar refractivity (Wildman–Crippen MR) is 344 cm³/mol. The van der Waals surface area contributed by atoms with E-state index in [0.717, 1.165) is 109 Å². The number of unbranched alkanes of at least 4 members (excludes halogenated alkanes) is 27. The van der Waals surface area contributed by atoms with Gasteiger partial charge in [0.1, 0.15) is 19.8 Å². The van der Waals surface area contributed by atoms with Crippen molar-refractivity contribution < 1.29 is 42.1 Å². The van der Waals surface area contributed by atoms with Gasteiger partial charge in [-0.05, 0) is 96.3 Å². The second-order valence-corrected chi connectivity index (χ2v) is 24.2. The lowest BCUT2D eigenvalue weighted by Gasteiger charge is -2.24. The molecular weight excluding hydrogens is 1010 g/mol. The van der Waals surface area contributed by atoms with E-state index in [9.17, 15) is 19.0 Å². The molecule has 0 heterocycles. The average Bonchev–Trinajstić information content (AvgIpc) is 3.42. The number of hydrogen-bond acceptors (Lipinski definition) is 7. The molecule has 0 spiro atoms. The minimum absolute atomic E-state index is 0.0263. The molecule has 0 aromatic rings. The highest BCUT2D eigenvalue weighted by atomic mass is 31.2. The molecule has 0 fully saturated rings. The zero-order valence-electron chi connectivity index (χ0n) is 52.3. The Morgan fingerprint density at radius 2 is 0.675 bits per heavy atom. The summed E-state index contributed by atoms with van der Waals surface area (Å²) < 4.78 is 34.6. The standard InChI is InChI=1S/C70H122NO8P/c1-6-8-10-12-14-16-18-20-22-23-24-25-26-27-28-29-30-31-32-33-34-35-36-37-38-39-40-41-42-43-44-45-46-47-49-51-53-55-57-59-61-63-70(73)79-68(67-78-80(74,75)77-65-64-71(3,4)5)66-76-69(72)62-60-58-56-54-52-50-48-21-19-17-15-13-11-9-7-2/h8-11,14-17,20-22,24-25,27-28,30-31,48,68H,6-7,12-13,18-19,23,26,29,32-47,49-67H2,1-5H3/p+1/b10-8-,11-9-,16-14-,17-15-,22-20-,25-24-,28-27-,31-30-,48-21-. The van der Waals surface area contributed by atoms with Crippen molar-refractivity contribution in [3.63, 3.8) is 0 Å². The molecule has 0 aromatic heterocycles. The summed E-state index contributed by atoms with van der Waals surface area (Å²) in [4.78, 5) is 35.7. The first-order chi connectivity index (χ1) is 39.0. The minimum Gasteiger partial charge on any atom is -0.462 e. The molecule has 0 saturated carbocycles. The molecule has 2 unspecified atom stereocenters. The van der Waals surface area contributed by atoms with E-state index in [-0.39, 0.29) is 32.0 Å². The Balaban J connectivity index is 3.93. The van der Waals surface area contributed by atoms with E-state index >= 15 is 0 Å². The van der Waals surface area contributed by atoms with E-state index in [2.05, 4.69) is 123 Å². The molecule has 0 radical (unpaired) electrons. The van der Waals surface area contributed by atoms with Crippen molar-refractivity contribution in [2.75, 3.05) is 47.5 Å². The number of phosphoric ester groups is 1. The van der Waals surface area contributed by atoms with Gasteiger partial charge in [-0.25, -0.2) is 4.57 Å². The topological polar surface area (TPSA) is 108 Å². The van der Waals surface area contributed by atoms with E-state index in [4.69, 9.17) is 18.5 Å². The van der Waals surface area contributed by atoms with Crippen molar-refractivity contribution in [3.8, 4) is 0 Å². The molecule has 0 aromatic carbocycles. The number of quaternary nitrogens is 1. The fourth-order valence-electron chi connectivity index (χ4n) is 8.86. The van der Waals surface area contributed by atoms with Crippen molar-refractivity contribution in [1.29, 1.82) is 0 Å². The maximum atomic E-state index is 12.8. The van der Waals surface area contributed by atoms with Crippen molar-refractivity contribution in [2.24, 2.45) is 0 Å².